The summed E-state index contributed by atoms with van der Waals surface area (Å²) in [5.74, 6) is 1.24. The van der Waals surface area contributed by atoms with E-state index in [-0.39, 0.29) is 5.54 Å². The van der Waals surface area contributed by atoms with Gasteiger partial charge in [-0.25, -0.2) is 0 Å². The largest absolute Gasteiger partial charge is 0.329 e. The van der Waals surface area contributed by atoms with Crippen LogP contribution in [0.3, 0.4) is 0 Å². The van der Waals surface area contributed by atoms with E-state index in [0.29, 0.717) is 5.25 Å². The van der Waals surface area contributed by atoms with Crippen LogP contribution in [0.1, 0.15) is 18.9 Å². The molecule has 1 aliphatic heterocycles. The Morgan fingerprint density at radius 3 is 2.94 bits per heavy atom. The third-order valence-corrected chi connectivity index (χ3v) is 5.88. The molecule has 0 bridgehead atoms. The topological polar surface area (TPSA) is 29.3 Å². The van der Waals surface area contributed by atoms with Gasteiger partial charge in [0, 0.05) is 23.9 Å². The molecule has 0 aromatic carbocycles. The Labute approximate surface area is 106 Å². The summed E-state index contributed by atoms with van der Waals surface area (Å²) in [6.45, 7) is 4.10. The fourth-order valence-electron chi connectivity index (χ4n) is 2.51. The van der Waals surface area contributed by atoms with Gasteiger partial charge in [0.25, 0.3) is 0 Å². The molecular weight excluding hydrogens is 236 g/mol. The minimum absolute atomic E-state index is 0.201. The first-order valence-electron chi connectivity index (χ1n) is 5.73. The predicted molar refractivity (Wildman–Crippen MR) is 74.1 cm³/mol. The van der Waals surface area contributed by atoms with Gasteiger partial charge in [-0.3, -0.25) is 4.90 Å². The molecule has 0 saturated carbocycles. The van der Waals surface area contributed by atoms with Crippen LogP contribution < -0.4 is 5.73 Å². The first-order chi connectivity index (χ1) is 7.69. The molecule has 0 spiro atoms. The van der Waals surface area contributed by atoms with E-state index in [1.807, 2.05) is 0 Å². The fourth-order valence-corrected chi connectivity index (χ4v) is 4.70. The zero-order valence-corrected chi connectivity index (χ0v) is 11.6. The second-order valence-electron chi connectivity index (χ2n) is 4.56. The Morgan fingerprint density at radius 2 is 2.44 bits per heavy atom. The smallest absolute Gasteiger partial charge is 0.0455 e. The van der Waals surface area contributed by atoms with E-state index < -0.39 is 0 Å². The Balaban J connectivity index is 2.09. The summed E-state index contributed by atoms with van der Waals surface area (Å²) in [5, 5.41) is 5.01. The van der Waals surface area contributed by atoms with Crippen molar-refractivity contribution >= 4 is 23.1 Å². The highest BCUT2D eigenvalue weighted by Crippen LogP contribution is 2.39. The van der Waals surface area contributed by atoms with Gasteiger partial charge < -0.3 is 5.73 Å². The third kappa shape index (κ3) is 2.16. The minimum atomic E-state index is 0.201. The number of rotatable bonds is 4. The lowest BCUT2D eigenvalue weighted by atomic mass is 9.90. The van der Waals surface area contributed by atoms with Crippen LogP contribution in [0, 0.1) is 0 Å². The van der Waals surface area contributed by atoms with Gasteiger partial charge in [-0.15, -0.1) is 0 Å². The molecule has 2 atom stereocenters. The molecule has 2 N–H and O–H groups in total. The van der Waals surface area contributed by atoms with Crippen LogP contribution in [0.2, 0.25) is 0 Å². The van der Waals surface area contributed by atoms with E-state index >= 15 is 0 Å². The fraction of sp³-hybridized carbons (Fsp3) is 0.667. The maximum atomic E-state index is 6.04. The molecule has 0 amide bonds. The van der Waals surface area contributed by atoms with Gasteiger partial charge in [0.2, 0.25) is 0 Å². The molecule has 0 radical (unpaired) electrons. The van der Waals surface area contributed by atoms with E-state index in [0.717, 1.165) is 13.1 Å². The number of likely N-dealkylation sites (N-methyl/N-ethyl adjacent to an activating group) is 1. The van der Waals surface area contributed by atoms with Crippen molar-refractivity contribution < 1.29 is 0 Å². The summed E-state index contributed by atoms with van der Waals surface area (Å²) >= 11 is 3.82. The average molecular weight is 256 g/mol. The lowest BCUT2D eigenvalue weighted by Crippen LogP contribution is -2.55. The van der Waals surface area contributed by atoms with E-state index in [9.17, 15) is 0 Å². The molecule has 1 fully saturated rings. The first-order valence-corrected chi connectivity index (χ1v) is 7.72. The number of thioether (sulfide) groups is 1. The van der Waals surface area contributed by atoms with Crippen molar-refractivity contribution in [2.75, 3.05) is 19.3 Å². The summed E-state index contributed by atoms with van der Waals surface area (Å²) in [6, 6.07) is 2.21. The molecule has 16 heavy (non-hydrogen) atoms. The molecule has 1 aliphatic rings. The summed E-state index contributed by atoms with van der Waals surface area (Å²) in [4.78, 5) is 2.46. The average Bonchev–Trinajstić information content (AvgIpc) is 2.88. The standard InChI is InChI=1S/C12H20N2S2/c1-10-12(9-13,4-6-16-10)14(2)7-11-3-5-15-8-11/h3,5,8,10H,4,6-7,9,13H2,1-2H3. The van der Waals surface area contributed by atoms with E-state index in [4.69, 9.17) is 5.73 Å². The second kappa shape index (κ2) is 5.08. The number of thiophene rings is 1. The van der Waals surface area contributed by atoms with Gasteiger partial charge in [0.15, 0.2) is 0 Å². The zero-order chi connectivity index (χ0) is 11.6. The van der Waals surface area contributed by atoms with Crippen molar-refractivity contribution in [3.05, 3.63) is 22.4 Å². The molecule has 1 aromatic rings. The highest BCUT2D eigenvalue weighted by Gasteiger charge is 2.42. The number of hydrogen-bond donors (Lipinski definition) is 1. The molecule has 0 aliphatic carbocycles. The molecule has 1 saturated heterocycles. The van der Waals surface area contributed by atoms with Crippen molar-refractivity contribution in [3.8, 4) is 0 Å². The summed E-state index contributed by atoms with van der Waals surface area (Å²) < 4.78 is 0. The Hall–Kier alpha value is -0.0300. The molecule has 2 unspecified atom stereocenters. The van der Waals surface area contributed by atoms with Gasteiger partial charge >= 0.3 is 0 Å². The predicted octanol–water partition coefficient (Wildman–Crippen LogP) is 2.40. The van der Waals surface area contributed by atoms with Crippen LogP contribution in [-0.2, 0) is 6.54 Å². The van der Waals surface area contributed by atoms with Crippen molar-refractivity contribution in [1.82, 2.24) is 4.90 Å². The normalized spacial score (nSPS) is 30.1. The van der Waals surface area contributed by atoms with E-state index in [2.05, 4.69) is 47.5 Å². The molecule has 90 valence electrons. The van der Waals surface area contributed by atoms with E-state index in [1.165, 1.54) is 17.7 Å². The second-order valence-corrected chi connectivity index (χ2v) is 6.79. The monoisotopic (exact) mass is 256 g/mol. The van der Waals surface area contributed by atoms with Crippen LogP contribution in [0.4, 0.5) is 0 Å². The van der Waals surface area contributed by atoms with Crippen molar-refractivity contribution in [1.29, 1.82) is 0 Å². The summed E-state index contributed by atoms with van der Waals surface area (Å²) in [5.41, 5.74) is 7.64. The molecule has 4 heteroatoms. The summed E-state index contributed by atoms with van der Waals surface area (Å²) in [6.07, 6.45) is 1.22. The Bertz CT molecular complexity index is 326. The first kappa shape index (κ1) is 12.4. The lowest BCUT2D eigenvalue weighted by molar-refractivity contribution is 0.122. The van der Waals surface area contributed by atoms with Crippen molar-refractivity contribution in [2.24, 2.45) is 5.73 Å². The summed E-state index contributed by atoms with van der Waals surface area (Å²) in [7, 11) is 2.22. The van der Waals surface area contributed by atoms with Gasteiger partial charge in [-0.1, -0.05) is 6.92 Å². The maximum absolute atomic E-state index is 6.04. The van der Waals surface area contributed by atoms with E-state index in [1.54, 1.807) is 11.3 Å². The molecule has 2 heterocycles. The molecular formula is C12H20N2S2. The maximum Gasteiger partial charge on any atom is 0.0455 e. The van der Waals surface area contributed by atoms with Crippen LogP contribution in [0.5, 0.6) is 0 Å². The molecule has 1 aromatic heterocycles. The molecule has 2 rings (SSSR count). The third-order valence-electron chi connectivity index (χ3n) is 3.77. The van der Waals surface area contributed by atoms with Crippen molar-refractivity contribution in [2.45, 2.75) is 30.7 Å². The van der Waals surface area contributed by atoms with Crippen LogP contribution in [0.25, 0.3) is 0 Å². The Morgan fingerprint density at radius 1 is 1.62 bits per heavy atom. The minimum Gasteiger partial charge on any atom is -0.329 e. The number of nitrogens with zero attached hydrogens (tertiary/aromatic N) is 1. The van der Waals surface area contributed by atoms with Crippen molar-refractivity contribution in [3.63, 3.8) is 0 Å². The lowest BCUT2D eigenvalue weighted by Gasteiger charge is -2.41. The van der Waals surface area contributed by atoms with Crippen LogP contribution in [0.15, 0.2) is 16.8 Å². The van der Waals surface area contributed by atoms with Gasteiger partial charge in [0.1, 0.15) is 0 Å². The van der Waals surface area contributed by atoms with Gasteiger partial charge in [-0.05, 0) is 41.6 Å². The quantitative estimate of drug-likeness (QED) is 0.897. The van der Waals surface area contributed by atoms with Crippen LogP contribution >= 0.6 is 23.1 Å². The zero-order valence-electron chi connectivity index (χ0n) is 9.98. The highest BCUT2D eigenvalue weighted by molar-refractivity contribution is 8.00. The van der Waals surface area contributed by atoms with Crippen LogP contribution in [-0.4, -0.2) is 35.0 Å². The Kier molecular flexibility index (Phi) is 3.95. The SMILES string of the molecule is CC1SCCC1(CN)N(C)Cc1ccsc1. The number of hydrogen-bond acceptors (Lipinski definition) is 4. The van der Waals surface area contributed by atoms with Gasteiger partial charge in [0.05, 0.1) is 0 Å². The highest BCUT2D eigenvalue weighted by atomic mass is 32.2. The van der Waals surface area contributed by atoms with Gasteiger partial charge in [-0.2, -0.15) is 23.1 Å². The molecule has 2 nitrogen and oxygen atoms in total. The number of nitrogens with two attached hydrogens (primary N) is 1.